The number of aromatic nitrogens is 1. The Bertz CT molecular complexity index is 1260. The van der Waals surface area contributed by atoms with Crippen LogP contribution < -0.4 is 10.8 Å². The third kappa shape index (κ3) is 4.59. The molecule has 1 aromatic heterocycles. The monoisotopic (exact) mass is 470 g/mol. The van der Waals surface area contributed by atoms with Crippen LogP contribution in [0, 0.1) is 0 Å². The number of oxazole rings is 1. The summed E-state index contributed by atoms with van der Waals surface area (Å²) in [5.74, 6) is 0.566. The van der Waals surface area contributed by atoms with Gasteiger partial charge < -0.3 is 18.8 Å². The van der Waals surface area contributed by atoms with E-state index in [0.717, 1.165) is 21.9 Å². The molecule has 6 nitrogen and oxygen atoms in total. The van der Waals surface area contributed by atoms with Gasteiger partial charge in [-0.05, 0) is 42.3 Å². The number of benzene rings is 3. The molecule has 166 valence electrons. The highest BCUT2D eigenvalue weighted by molar-refractivity contribution is 7.62. The molecule has 0 fully saturated rings. The number of fused-ring (bicyclic) bond motifs is 1. The molecule has 0 atom stereocenters. The fourth-order valence-corrected chi connectivity index (χ4v) is 5.24. The van der Waals surface area contributed by atoms with Crippen molar-refractivity contribution in [3.05, 3.63) is 77.3 Å². The van der Waals surface area contributed by atoms with Crippen molar-refractivity contribution in [1.29, 1.82) is 0 Å². The molecule has 3 aromatic carbocycles. The first-order chi connectivity index (χ1) is 15.6. The van der Waals surface area contributed by atoms with E-state index in [9.17, 15) is 4.57 Å². The number of hydrogen-bond donors (Lipinski definition) is 1. The Balaban J connectivity index is 1.80. The summed E-state index contributed by atoms with van der Waals surface area (Å²) < 4.78 is 30.8. The van der Waals surface area contributed by atoms with E-state index in [1.54, 1.807) is 13.8 Å². The number of anilines is 1. The second-order valence-corrected chi connectivity index (χ2v) is 9.32. The summed E-state index contributed by atoms with van der Waals surface area (Å²) in [6.45, 7) is 4.28. The summed E-state index contributed by atoms with van der Waals surface area (Å²) in [4.78, 5) is 4.60. The number of nitrogens with one attached hydrogen (secondary N) is 1. The van der Waals surface area contributed by atoms with Crippen LogP contribution in [0.1, 0.15) is 19.4 Å². The molecule has 8 heteroatoms. The van der Waals surface area contributed by atoms with Gasteiger partial charge in [0.05, 0.1) is 13.2 Å². The normalized spacial score (nSPS) is 11.7. The van der Waals surface area contributed by atoms with Crippen LogP contribution in [0.4, 0.5) is 5.88 Å². The lowest BCUT2D eigenvalue weighted by molar-refractivity contribution is 0.229. The maximum absolute atomic E-state index is 13.6. The second kappa shape index (κ2) is 9.88. The minimum atomic E-state index is -3.70. The van der Waals surface area contributed by atoms with E-state index in [2.05, 4.69) is 10.3 Å². The first-order valence-electron chi connectivity index (χ1n) is 10.4. The lowest BCUT2D eigenvalue weighted by Gasteiger charge is -2.15. The van der Waals surface area contributed by atoms with E-state index in [1.807, 2.05) is 66.7 Å². The predicted octanol–water partition coefficient (Wildman–Crippen LogP) is 6.65. The van der Waals surface area contributed by atoms with Crippen LogP contribution in [0.5, 0.6) is 0 Å². The van der Waals surface area contributed by atoms with Crippen LogP contribution in [-0.4, -0.2) is 18.2 Å². The standard InChI is InChI=1S/C24H24ClN2O4P/c1-3-29-32(28,30-4-2)24-23(26-16-18-11-6-8-15-21(18)25)31-22(27-24)20-14-9-12-17-10-5-7-13-19(17)20/h5-15,26H,3-4,16H2,1-2H3. The SMILES string of the molecule is CCOP(=O)(OCC)c1nc(-c2cccc3ccccc23)oc1NCc1ccccc1Cl. The minimum Gasteiger partial charge on any atom is -0.420 e. The Morgan fingerprint density at radius 3 is 2.41 bits per heavy atom. The lowest BCUT2D eigenvalue weighted by atomic mass is 10.0. The van der Waals surface area contributed by atoms with Crippen molar-refractivity contribution < 1.29 is 18.0 Å². The Morgan fingerprint density at radius 1 is 0.969 bits per heavy atom. The van der Waals surface area contributed by atoms with Crippen LogP contribution in [0.15, 0.2) is 71.1 Å². The van der Waals surface area contributed by atoms with Gasteiger partial charge >= 0.3 is 7.60 Å². The quantitative estimate of drug-likeness (QED) is 0.276. The molecule has 0 spiro atoms. The average molecular weight is 471 g/mol. The summed E-state index contributed by atoms with van der Waals surface area (Å²) in [5, 5.41) is 5.83. The summed E-state index contributed by atoms with van der Waals surface area (Å²) in [7, 11) is -3.70. The van der Waals surface area contributed by atoms with Crippen LogP contribution in [0.3, 0.4) is 0 Å². The Hall–Kier alpha value is -2.63. The zero-order valence-electron chi connectivity index (χ0n) is 17.9. The zero-order valence-corrected chi connectivity index (χ0v) is 19.5. The highest BCUT2D eigenvalue weighted by Crippen LogP contribution is 2.49. The van der Waals surface area contributed by atoms with Gasteiger partial charge in [-0.1, -0.05) is 66.2 Å². The molecule has 0 saturated heterocycles. The van der Waals surface area contributed by atoms with Crippen LogP contribution in [-0.2, 0) is 20.2 Å². The molecule has 0 saturated carbocycles. The lowest BCUT2D eigenvalue weighted by Crippen LogP contribution is -2.16. The zero-order chi connectivity index (χ0) is 22.6. The molecule has 0 amide bonds. The highest BCUT2D eigenvalue weighted by atomic mass is 35.5. The molecule has 0 unspecified atom stereocenters. The number of hydrogen-bond acceptors (Lipinski definition) is 6. The van der Waals surface area contributed by atoms with Crippen molar-refractivity contribution >= 4 is 41.3 Å². The van der Waals surface area contributed by atoms with Crippen molar-refractivity contribution in [2.24, 2.45) is 0 Å². The van der Waals surface area contributed by atoms with Gasteiger partial charge in [-0.15, -0.1) is 0 Å². The average Bonchev–Trinajstić information content (AvgIpc) is 3.23. The van der Waals surface area contributed by atoms with E-state index in [1.165, 1.54) is 0 Å². The summed E-state index contributed by atoms with van der Waals surface area (Å²) >= 11 is 6.30. The molecular formula is C24H24ClN2O4P. The maximum Gasteiger partial charge on any atom is 0.385 e. The molecule has 0 bridgehead atoms. The molecule has 1 heterocycles. The van der Waals surface area contributed by atoms with Gasteiger partial charge in [0.1, 0.15) is 0 Å². The predicted molar refractivity (Wildman–Crippen MR) is 129 cm³/mol. The fourth-order valence-electron chi connectivity index (χ4n) is 3.46. The number of nitrogens with zero attached hydrogens (tertiary/aromatic N) is 1. The van der Waals surface area contributed by atoms with Gasteiger partial charge in [-0.25, -0.2) is 0 Å². The van der Waals surface area contributed by atoms with Gasteiger partial charge in [-0.3, -0.25) is 4.57 Å². The van der Waals surface area contributed by atoms with Gasteiger partial charge in [0.15, 0.2) is 0 Å². The van der Waals surface area contributed by atoms with E-state index < -0.39 is 7.60 Å². The molecule has 0 aliphatic rings. The largest absolute Gasteiger partial charge is 0.420 e. The van der Waals surface area contributed by atoms with Gasteiger partial charge in [-0.2, -0.15) is 4.98 Å². The molecule has 0 aliphatic carbocycles. The molecule has 32 heavy (non-hydrogen) atoms. The van der Waals surface area contributed by atoms with Crippen LogP contribution in [0.2, 0.25) is 5.02 Å². The van der Waals surface area contributed by atoms with Crippen molar-refractivity contribution in [2.75, 3.05) is 18.5 Å². The van der Waals surface area contributed by atoms with Crippen LogP contribution >= 0.6 is 19.2 Å². The first kappa shape index (κ1) is 22.6. The van der Waals surface area contributed by atoms with Gasteiger partial charge in [0, 0.05) is 17.1 Å². The topological polar surface area (TPSA) is 73.6 Å². The summed E-state index contributed by atoms with van der Waals surface area (Å²) in [6.07, 6.45) is 0. The van der Waals surface area contributed by atoms with Crippen molar-refractivity contribution in [3.63, 3.8) is 0 Å². The number of rotatable bonds is 9. The summed E-state index contributed by atoms with van der Waals surface area (Å²) in [6, 6.07) is 21.3. The molecule has 4 aromatic rings. The Morgan fingerprint density at radius 2 is 1.66 bits per heavy atom. The summed E-state index contributed by atoms with van der Waals surface area (Å²) in [5.41, 5.74) is 1.77. The van der Waals surface area contributed by atoms with Crippen LogP contribution in [0.25, 0.3) is 22.2 Å². The molecule has 1 N–H and O–H groups in total. The highest BCUT2D eigenvalue weighted by Gasteiger charge is 2.36. The minimum absolute atomic E-state index is 0.121. The molecule has 4 rings (SSSR count). The van der Waals surface area contributed by atoms with E-state index >= 15 is 0 Å². The Labute approximate surface area is 192 Å². The van der Waals surface area contributed by atoms with Crippen molar-refractivity contribution in [2.45, 2.75) is 20.4 Å². The van der Waals surface area contributed by atoms with Gasteiger partial charge in [0.25, 0.3) is 0 Å². The van der Waals surface area contributed by atoms with Crippen molar-refractivity contribution in [3.8, 4) is 11.5 Å². The molecule has 0 aliphatic heterocycles. The van der Waals surface area contributed by atoms with Gasteiger partial charge in [0.2, 0.25) is 17.2 Å². The Kier molecular flexibility index (Phi) is 6.97. The first-order valence-corrected chi connectivity index (χ1v) is 12.3. The third-order valence-corrected chi connectivity index (χ3v) is 7.27. The molecule has 0 radical (unpaired) electrons. The molecular weight excluding hydrogens is 447 g/mol. The van der Waals surface area contributed by atoms with E-state index in [0.29, 0.717) is 17.5 Å². The van der Waals surface area contributed by atoms with E-state index in [-0.39, 0.29) is 24.5 Å². The van der Waals surface area contributed by atoms with Crippen molar-refractivity contribution in [1.82, 2.24) is 4.98 Å². The third-order valence-electron chi connectivity index (χ3n) is 4.88. The fraction of sp³-hybridized carbons (Fsp3) is 0.208. The second-order valence-electron chi connectivity index (χ2n) is 6.98. The smallest absolute Gasteiger partial charge is 0.385 e. The maximum atomic E-state index is 13.6. The van der Waals surface area contributed by atoms with E-state index in [4.69, 9.17) is 25.1 Å². The number of halogens is 1.